The third-order valence-corrected chi connectivity index (χ3v) is 3.89. The Bertz CT molecular complexity index is 501. The van der Waals surface area contributed by atoms with Crippen LogP contribution in [0, 0.1) is 0 Å². The fourth-order valence-corrected chi connectivity index (χ4v) is 2.52. The van der Waals surface area contributed by atoms with E-state index in [0.29, 0.717) is 5.88 Å². The molecule has 0 spiro atoms. The zero-order valence-corrected chi connectivity index (χ0v) is 10.8. The minimum Gasteiger partial charge on any atom is -0.474 e. The van der Waals surface area contributed by atoms with Crippen molar-refractivity contribution in [3.63, 3.8) is 0 Å². The quantitative estimate of drug-likeness (QED) is 0.826. The van der Waals surface area contributed by atoms with E-state index in [1.807, 2.05) is 0 Å². The molecule has 0 amide bonds. The molecule has 0 saturated heterocycles. The first kappa shape index (κ1) is 13.3. The molecule has 2 atom stereocenters. The second-order valence-corrected chi connectivity index (χ2v) is 6.11. The highest BCUT2D eigenvalue weighted by Crippen LogP contribution is 2.22. The average Bonchev–Trinajstić information content (AvgIpc) is 2.28. The van der Waals surface area contributed by atoms with Crippen molar-refractivity contribution in [1.82, 2.24) is 4.98 Å². The third kappa shape index (κ3) is 3.41. The summed E-state index contributed by atoms with van der Waals surface area (Å²) in [6.45, 7) is 0. The van der Waals surface area contributed by atoms with Crippen LogP contribution in [0.25, 0.3) is 0 Å². The smallest absolute Gasteiger partial charge is 0.239 e. The molecule has 100 valence electrons. The lowest BCUT2D eigenvalue weighted by Gasteiger charge is -2.26. The number of aromatic nitrogens is 1. The summed E-state index contributed by atoms with van der Waals surface area (Å²) in [7, 11) is -3.70. The molecule has 2 unspecified atom stereocenters. The van der Waals surface area contributed by atoms with E-state index in [1.54, 1.807) is 0 Å². The Kier molecular flexibility index (Phi) is 3.84. The molecule has 1 aromatic heterocycles. The minimum atomic E-state index is -3.70. The molecule has 1 aromatic rings. The monoisotopic (exact) mass is 271 g/mol. The van der Waals surface area contributed by atoms with Crippen molar-refractivity contribution in [3.8, 4) is 5.88 Å². The number of sulfonamides is 1. The minimum absolute atomic E-state index is 0.0183. The van der Waals surface area contributed by atoms with Crippen LogP contribution >= 0.6 is 0 Å². The number of pyridine rings is 1. The number of ether oxygens (including phenoxy) is 1. The van der Waals surface area contributed by atoms with Crippen LogP contribution in [0.5, 0.6) is 5.88 Å². The summed E-state index contributed by atoms with van der Waals surface area (Å²) in [6, 6.07) is 3.08. The molecular formula is C11H17N3O3S. The van der Waals surface area contributed by atoms with E-state index in [0.717, 1.165) is 25.7 Å². The summed E-state index contributed by atoms with van der Waals surface area (Å²) in [6.07, 6.45) is 5.08. The van der Waals surface area contributed by atoms with E-state index in [1.165, 1.54) is 18.3 Å². The summed E-state index contributed by atoms with van der Waals surface area (Å²) >= 11 is 0. The van der Waals surface area contributed by atoms with Crippen LogP contribution in [-0.4, -0.2) is 25.5 Å². The van der Waals surface area contributed by atoms with Gasteiger partial charge in [0, 0.05) is 12.1 Å². The molecule has 0 aliphatic heterocycles. The Hall–Kier alpha value is -1.18. The largest absolute Gasteiger partial charge is 0.474 e. The molecule has 0 radical (unpaired) electrons. The van der Waals surface area contributed by atoms with Crippen LogP contribution in [0.1, 0.15) is 25.7 Å². The summed E-state index contributed by atoms with van der Waals surface area (Å²) in [5.74, 6) is 0.404. The van der Waals surface area contributed by atoms with Gasteiger partial charge in [-0.15, -0.1) is 0 Å². The molecule has 4 N–H and O–H groups in total. The molecule has 2 rings (SSSR count). The van der Waals surface area contributed by atoms with Crippen molar-refractivity contribution in [1.29, 1.82) is 0 Å². The molecule has 18 heavy (non-hydrogen) atoms. The van der Waals surface area contributed by atoms with Gasteiger partial charge in [0.1, 0.15) is 11.0 Å². The summed E-state index contributed by atoms with van der Waals surface area (Å²) in [4.78, 5) is 3.92. The van der Waals surface area contributed by atoms with E-state index in [2.05, 4.69) is 4.98 Å². The molecule has 7 heteroatoms. The van der Waals surface area contributed by atoms with Crippen LogP contribution in [-0.2, 0) is 10.0 Å². The van der Waals surface area contributed by atoms with Crippen molar-refractivity contribution >= 4 is 10.0 Å². The topological polar surface area (TPSA) is 108 Å². The van der Waals surface area contributed by atoms with Crippen LogP contribution in [0.3, 0.4) is 0 Å². The van der Waals surface area contributed by atoms with Crippen molar-refractivity contribution < 1.29 is 13.2 Å². The predicted octanol–water partition coefficient (Wildman–Crippen LogP) is 0.378. The molecule has 1 aliphatic carbocycles. The Balaban J connectivity index is 2.02. The second kappa shape index (κ2) is 5.21. The summed E-state index contributed by atoms with van der Waals surface area (Å²) < 4.78 is 27.8. The Morgan fingerprint density at radius 2 is 2.11 bits per heavy atom. The van der Waals surface area contributed by atoms with Crippen molar-refractivity contribution in [2.75, 3.05) is 0 Å². The molecule has 1 aliphatic rings. The average molecular weight is 271 g/mol. The van der Waals surface area contributed by atoms with Gasteiger partial charge in [0.25, 0.3) is 0 Å². The molecule has 1 fully saturated rings. The van der Waals surface area contributed by atoms with Crippen LogP contribution in [0.2, 0.25) is 0 Å². The van der Waals surface area contributed by atoms with Crippen molar-refractivity contribution in [2.45, 2.75) is 42.7 Å². The van der Waals surface area contributed by atoms with Gasteiger partial charge < -0.3 is 10.5 Å². The highest BCUT2D eigenvalue weighted by Gasteiger charge is 2.21. The maximum Gasteiger partial charge on any atom is 0.239 e. The zero-order chi connectivity index (χ0) is 13.2. The first-order valence-electron chi connectivity index (χ1n) is 5.86. The van der Waals surface area contributed by atoms with Gasteiger partial charge in [0.2, 0.25) is 15.9 Å². The normalized spacial score (nSPS) is 24.8. The van der Waals surface area contributed by atoms with Gasteiger partial charge in [0.15, 0.2) is 0 Å². The molecule has 0 bridgehead atoms. The van der Waals surface area contributed by atoms with E-state index >= 15 is 0 Å². The van der Waals surface area contributed by atoms with Crippen LogP contribution < -0.4 is 15.6 Å². The van der Waals surface area contributed by atoms with E-state index in [4.69, 9.17) is 15.6 Å². The highest BCUT2D eigenvalue weighted by molar-refractivity contribution is 7.89. The molecule has 0 aromatic carbocycles. The number of hydrogen-bond donors (Lipinski definition) is 2. The van der Waals surface area contributed by atoms with Crippen LogP contribution in [0.4, 0.5) is 0 Å². The fraction of sp³-hybridized carbons (Fsp3) is 0.545. The number of rotatable bonds is 3. The molecule has 1 heterocycles. The SMILES string of the molecule is NC1CCCC(Oc2ccc(S(N)(=O)=O)cn2)C1. The molecular weight excluding hydrogens is 254 g/mol. The third-order valence-electron chi connectivity index (χ3n) is 2.99. The lowest BCUT2D eigenvalue weighted by Crippen LogP contribution is -2.33. The molecule has 1 saturated carbocycles. The fourth-order valence-electron chi connectivity index (χ4n) is 2.06. The zero-order valence-electron chi connectivity index (χ0n) is 9.95. The molecule has 6 nitrogen and oxygen atoms in total. The first-order valence-corrected chi connectivity index (χ1v) is 7.41. The Labute approximate surface area is 106 Å². The van der Waals surface area contributed by atoms with E-state index in [9.17, 15) is 8.42 Å². The maximum atomic E-state index is 11.1. The van der Waals surface area contributed by atoms with Crippen molar-refractivity contribution in [2.24, 2.45) is 10.9 Å². The van der Waals surface area contributed by atoms with Gasteiger partial charge in [-0.3, -0.25) is 0 Å². The lowest BCUT2D eigenvalue weighted by molar-refractivity contribution is 0.138. The Morgan fingerprint density at radius 1 is 1.33 bits per heavy atom. The van der Waals surface area contributed by atoms with Gasteiger partial charge in [-0.1, -0.05) is 0 Å². The first-order chi connectivity index (χ1) is 8.45. The van der Waals surface area contributed by atoms with Gasteiger partial charge >= 0.3 is 0 Å². The van der Waals surface area contributed by atoms with E-state index < -0.39 is 10.0 Å². The lowest BCUT2D eigenvalue weighted by atomic mass is 9.94. The number of nitrogens with two attached hydrogens (primary N) is 2. The Morgan fingerprint density at radius 3 is 2.67 bits per heavy atom. The second-order valence-electron chi connectivity index (χ2n) is 4.54. The predicted molar refractivity (Wildman–Crippen MR) is 66.5 cm³/mol. The van der Waals surface area contributed by atoms with Crippen molar-refractivity contribution in [3.05, 3.63) is 18.3 Å². The van der Waals surface area contributed by atoms with Gasteiger partial charge in [-0.05, 0) is 31.7 Å². The summed E-state index contributed by atoms with van der Waals surface area (Å²) in [5.41, 5.74) is 5.86. The van der Waals surface area contributed by atoms with Gasteiger partial charge in [0.05, 0.1) is 6.20 Å². The van der Waals surface area contributed by atoms with Gasteiger partial charge in [-0.25, -0.2) is 18.5 Å². The van der Waals surface area contributed by atoms with Gasteiger partial charge in [-0.2, -0.15) is 0 Å². The van der Waals surface area contributed by atoms with Crippen LogP contribution in [0.15, 0.2) is 23.2 Å². The number of primary sulfonamides is 1. The van der Waals surface area contributed by atoms with E-state index in [-0.39, 0.29) is 17.0 Å². The number of hydrogen-bond acceptors (Lipinski definition) is 5. The maximum absolute atomic E-state index is 11.1. The number of nitrogens with zero attached hydrogens (tertiary/aromatic N) is 1. The standard InChI is InChI=1S/C11H17N3O3S/c12-8-2-1-3-9(6-8)17-11-5-4-10(7-14-11)18(13,15)16/h4-5,7-9H,1-3,6,12H2,(H2,13,15,16). The summed E-state index contributed by atoms with van der Waals surface area (Å²) in [5, 5.41) is 4.98. The highest BCUT2D eigenvalue weighted by atomic mass is 32.2.